The number of hydrogen-bond acceptors (Lipinski definition) is 3. The summed E-state index contributed by atoms with van der Waals surface area (Å²) in [5.41, 5.74) is 2.33. The lowest BCUT2D eigenvalue weighted by Gasteiger charge is -2.32. The summed E-state index contributed by atoms with van der Waals surface area (Å²) in [6.07, 6.45) is 0.965. The highest BCUT2D eigenvalue weighted by Gasteiger charge is 2.24. The Morgan fingerprint density at radius 2 is 1.85 bits per heavy atom. The van der Waals surface area contributed by atoms with Gasteiger partial charge >= 0.3 is 0 Å². The zero-order valence-corrected chi connectivity index (χ0v) is 17.1. The van der Waals surface area contributed by atoms with Crippen molar-refractivity contribution in [3.05, 3.63) is 54.1 Å². The molecule has 1 aliphatic rings. The second-order valence-corrected chi connectivity index (χ2v) is 7.54. The number of para-hydroxylation sites is 2. The van der Waals surface area contributed by atoms with E-state index in [4.69, 9.17) is 21.7 Å². The third kappa shape index (κ3) is 5.13. The molecular formula is C22H28N2O2S. The van der Waals surface area contributed by atoms with Crippen LogP contribution in [0.4, 0.5) is 5.69 Å². The van der Waals surface area contributed by atoms with Crippen molar-refractivity contribution >= 4 is 23.0 Å². The third-order valence-electron chi connectivity index (χ3n) is 4.60. The Morgan fingerprint density at radius 3 is 2.52 bits per heavy atom. The predicted molar refractivity (Wildman–Crippen MR) is 115 cm³/mol. The second kappa shape index (κ2) is 9.09. The summed E-state index contributed by atoms with van der Waals surface area (Å²) in [5, 5.41) is 4.08. The van der Waals surface area contributed by atoms with Crippen LogP contribution in [0.3, 0.4) is 0 Å². The summed E-state index contributed by atoms with van der Waals surface area (Å²) >= 11 is 5.67. The van der Waals surface area contributed by atoms with Gasteiger partial charge in [-0.2, -0.15) is 0 Å². The van der Waals surface area contributed by atoms with Crippen LogP contribution < -0.4 is 14.8 Å². The van der Waals surface area contributed by atoms with E-state index in [0.717, 1.165) is 35.3 Å². The Labute approximate surface area is 167 Å². The van der Waals surface area contributed by atoms with Gasteiger partial charge in [0.1, 0.15) is 6.61 Å². The van der Waals surface area contributed by atoms with E-state index in [1.165, 1.54) is 5.56 Å². The molecule has 3 rings (SSSR count). The van der Waals surface area contributed by atoms with Crippen LogP contribution in [0.5, 0.6) is 11.5 Å². The van der Waals surface area contributed by atoms with Crippen molar-refractivity contribution < 1.29 is 9.47 Å². The van der Waals surface area contributed by atoms with Crippen LogP contribution in [-0.2, 0) is 0 Å². The van der Waals surface area contributed by atoms with Gasteiger partial charge in [0.05, 0.1) is 6.54 Å². The Bertz CT molecular complexity index is 761. The number of benzene rings is 2. The summed E-state index contributed by atoms with van der Waals surface area (Å²) in [5.74, 6) is 2.13. The Kier molecular flexibility index (Phi) is 6.56. The lowest BCUT2D eigenvalue weighted by molar-refractivity contribution is 0.0746. The van der Waals surface area contributed by atoms with Crippen LogP contribution in [0.1, 0.15) is 38.7 Å². The normalized spacial score (nSPS) is 15.5. The van der Waals surface area contributed by atoms with Crippen LogP contribution in [0.25, 0.3) is 0 Å². The predicted octanol–water partition coefficient (Wildman–Crippen LogP) is 5.06. The molecular weight excluding hydrogens is 356 g/mol. The maximum Gasteiger partial charge on any atom is 0.173 e. The summed E-state index contributed by atoms with van der Waals surface area (Å²) in [4.78, 5) is 2.16. The molecule has 5 heteroatoms. The summed E-state index contributed by atoms with van der Waals surface area (Å²) in [6.45, 7) is 8.64. The van der Waals surface area contributed by atoms with Gasteiger partial charge < -0.3 is 19.7 Å². The van der Waals surface area contributed by atoms with Crippen LogP contribution in [0, 0.1) is 0 Å². The van der Waals surface area contributed by atoms with E-state index in [-0.39, 0.29) is 6.10 Å². The van der Waals surface area contributed by atoms with Gasteiger partial charge in [-0.1, -0.05) is 45.0 Å². The van der Waals surface area contributed by atoms with Crippen molar-refractivity contribution in [1.29, 1.82) is 0 Å². The molecule has 0 aliphatic carbocycles. The highest BCUT2D eigenvalue weighted by atomic mass is 32.1. The van der Waals surface area contributed by atoms with E-state index in [9.17, 15) is 0 Å². The highest BCUT2D eigenvalue weighted by Crippen LogP contribution is 2.31. The molecule has 1 N–H and O–H groups in total. The van der Waals surface area contributed by atoms with E-state index in [1.54, 1.807) is 0 Å². The average molecular weight is 385 g/mol. The zero-order valence-electron chi connectivity index (χ0n) is 16.3. The molecule has 0 radical (unpaired) electrons. The van der Waals surface area contributed by atoms with Gasteiger partial charge in [-0.25, -0.2) is 0 Å². The summed E-state index contributed by atoms with van der Waals surface area (Å²) in [7, 11) is 0. The topological polar surface area (TPSA) is 33.7 Å². The quantitative estimate of drug-likeness (QED) is 0.704. The Balaban J connectivity index is 1.62. The highest BCUT2D eigenvalue weighted by molar-refractivity contribution is 7.80. The molecule has 0 amide bonds. The molecule has 1 atom stereocenters. The van der Waals surface area contributed by atoms with Crippen molar-refractivity contribution in [2.24, 2.45) is 0 Å². The molecule has 4 nitrogen and oxygen atoms in total. The molecule has 27 heavy (non-hydrogen) atoms. The molecule has 1 heterocycles. The fourth-order valence-corrected chi connectivity index (χ4v) is 3.38. The number of nitrogens with zero attached hydrogens (tertiary/aromatic N) is 1. The van der Waals surface area contributed by atoms with Gasteiger partial charge in [-0.3, -0.25) is 0 Å². The van der Waals surface area contributed by atoms with Crippen molar-refractivity contribution in [3.63, 3.8) is 0 Å². The number of anilines is 1. The minimum Gasteiger partial charge on any atom is -0.486 e. The minimum atomic E-state index is -0.0467. The zero-order chi connectivity index (χ0) is 19.2. The van der Waals surface area contributed by atoms with Gasteiger partial charge in [-0.05, 0) is 54.4 Å². The monoisotopic (exact) mass is 384 g/mol. The van der Waals surface area contributed by atoms with Crippen LogP contribution in [-0.4, -0.2) is 35.8 Å². The van der Waals surface area contributed by atoms with E-state index < -0.39 is 0 Å². The SMILES string of the molecule is CCCN(C[C@@H]1COc2ccccc2O1)C(=S)Nc1ccc(C(C)C)cc1. The lowest BCUT2D eigenvalue weighted by Crippen LogP contribution is -2.45. The van der Waals surface area contributed by atoms with Crippen LogP contribution >= 0.6 is 12.2 Å². The van der Waals surface area contributed by atoms with Crippen molar-refractivity contribution in [2.75, 3.05) is 25.0 Å². The molecule has 144 valence electrons. The molecule has 0 aromatic heterocycles. The smallest absolute Gasteiger partial charge is 0.173 e. The third-order valence-corrected chi connectivity index (χ3v) is 4.96. The summed E-state index contributed by atoms with van der Waals surface area (Å²) < 4.78 is 11.9. The number of nitrogens with one attached hydrogen (secondary N) is 1. The standard InChI is InChI=1S/C22H28N2O2S/c1-4-13-24(14-19-15-25-20-7-5-6-8-21(20)26-19)22(27)23-18-11-9-17(10-12-18)16(2)3/h5-12,16,19H,4,13-15H2,1-3H3,(H,23,27)/t19-/m1/s1. The molecule has 0 spiro atoms. The first-order chi connectivity index (χ1) is 13.1. The van der Waals surface area contributed by atoms with Gasteiger partial charge in [0.25, 0.3) is 0 Å². The molecule has 2 aromatic carbocycles. The first-order valence-electron chi connectivity index (χ1n) is 9.61. The molecule has 0 fully saturated rings. The number of thiocarbonyl (C=S) groups is 1. The summed E-state index contributed by atoms with van der Waals surface area (Å²) in [6, 6.07) is 16.3. The van der Waals surface area contributed by atoms with E-state index >= 15 is 0 Å². The maximum atomic E-state index is 6.10. The largest absolute Gasteiger partial charge is 0.486 e. The van der Waals surface area contributed by atoms with Gasteiger partial charge in [0.2, 0.25) is 0 Å². The van der Waals surface area contributed by atoms with Crippen molar-refractivity contribution in [3.8, 4) is 11.5 Å². The number of ether oxygens (including phenoxy) is 2. The van der Waals surface area contributed by atoms with Gasteiger partial charge in [-0.15, -0.1) is 0 Å². The first-order valence-corrected chi connectivity index (χ1v) is 10.0. The molecule has 0 unspecified atom stereocenters. The second-order valence-electron chi connectivity index (χ2n) is 7.15. The fraction of sp³-hybridized carbons (Fsp3) is 0.409. The van der Waals surface area contributed by atoms with Crippen molar-refractivity contribution in [1.82, 2.24) is 4.90 Å². The molecule has 0 bridgehead atoms. The maximum absolute atomic E-state index is 6.10. The van der Waals surface area contributed by atoms with Gasteiger partial charge in [0.15, 0.2) is 22.7 Å². The van der Waals surface area contributed by atoms with Crippen LogP contribution in [0.15, 0.2) is 48.5 Å². The van der Waals surface area contributed by atoms with E-state index in [2.05, 4.69) is 55.3 Å². The number of fused-ring (bicyclic) bond motifs is 1. The van der Waals surface area contributed by atoms with E-state index in [1.807, 2.05) is 24.3 Å². The van der Waals surface area contributed by atoms with Gasteiger partial charge in [0, 0.05) is 12.2 Å². The van der Waals surface area contributed by atoms with E-state index in [0.29, 0.717) is 19.1 Å². The lowest BCUT2D eigenvalue weighted by atomic mass is 10.0. The average Bonchev–Trinajstić information content (AvgIpc) is 2.68. The fourth-order valence-electron chi connectivity index (χ4n) is 3.10. The Hall–Kier alpha value is -2.27. The first kappa shape index (κ1) is 19.5. The Morgan fingerprint density at radius 1 is 1.15 bits per heavy atom. The van der Waals surface area contributed by atoms with Crippen molar-refractivity contribution in [2.45, 2.75) is 39.2 Å². The number of rotatable bonds is 6. The number of hydrogen-bond donors (Lipinski definition) is 1. The molecule has 0 saturated carbocycles. The molecule has 1 aliphatic heterocycles. The van der Waals surface area contributed by atoms with Crippen LogP contribution in [0.2, 0.25) is 0 Å². The molecule has 0 saturated heterocycles. The minimum absolute atomic E-state index is 0.0467. The molecule has 2 aromatic rings.